The summed E-state index contributed by atoms with van der Waals surface area (Å²) in [5, 5.41) is 10.2. The monoisotopic (exact) mass is 454 g/mol. The molecule has 4 aliphatic rings. The van der Waals surface area contributed by atoms with E-state index in [4.69, 9.17) is 0 Å². The first-order chi connectivity index (χ1) is 13.8. The summed E-state index contributed by atoms with van der Waals surface area (Å²) in [6, 6.07) is 8.26. The van der Waals surface area contributed by atoms with Crippen LogP contribution in [0.4, 0.5) is 0 Å². The third-order valence-electron chi connectivity index (χ3n) is 8.93. The summed E-state index contributed by atoms with van der Waals surface area (Å²) in [5.74, 6) is 2.10. The van der Waals surface area contributed by atoms with Crippen LogP contribution >= 0.6 is 15.9 Å². The molecule has 0 aromatic heterocycles. The van der Waals surface area contributed by atoms with Crippen molar-refractivity contribution in [2.45, 2.75) is 64.9 Å². The first kappa shape index (κ1) is 19.8. The highest BCUT2D eigenvalue weighted by atomic mass is 79.9. The lowest BCUT2D eigenvalue weighted by molar-refractivity contribution is -0.130. The largest absolute Gasteiger partial charge is 0.393 e. The summed E-state index contributed by atoms with van der Waals surface area (Å²) in [6.45, 7) is 4.68. The van der Waals surface area contributed by atoms with Crippen molar-refractivity contribution in [3.63, 3.8) is 0 Å². The molecule has 0 aliphatic heterocycles. The van der Waals surface area contributed by atoms with Gasteiger partial charge in [0.05, 0.1) is 6.10 Å². The molecule has 1 aromatic carbocycles. The van der Waals surface area contributed by atoms with Gasteiger partial charge < -0.3 is 5.11 Å². The summed E-state index contributed by atoms with van der Waals surface area (Å²) >= 11 is 3.49. The second-order valence-corrected chi connectivity index (χ2v) is 11.3. The Kier molecular flexibility index (Phi) is 4.71. The van der Waals surface area contributed by atoms with Crippen LogP contribution in [-0.4, -0.2) is 17.0 Å². The summed E-state index contributed by atoms with van der Waals surface area (Å²) < 4.78 is 1.07. The van der Waals surface area contributed by atoms with Gasteiger partial charge in [0.25, 0.3) is 0 Å². The number of Topliss-reactive ketones (excluding diaryl/α,β-unsaturated/α-hetero) is 1. The van der Waals surface area contributed by atoms with Gasteiger partial charge in [0.15, 0.2) is 5.78 Å². The molecule has 154 valence electrons. The quantitative estimate of drug-likeness (QED) is 0.397. The van der Waals surface area contributed by atoms with E-state index in [0.29, 0.717) is 23.5 Å². The van der Waals surface area contributed by atoms with E-state index in [2.05, 4.69) is 54.1 Å². The number of hydrogen-bond acceptors (Lipinski definition) is 2. The predicted molar refractivity (Wildman–Crippen MR) is 120 cm³/mol. The minimum absolute atomic E-state index is 0.159. The number of benzene rings is 1. The lowest BCUT2D eigenvalue weighted by atomic mass is 9.48. The van der Waals surface area contributed by atoms with E-state index >= 15 is 0 Å². The molecule has 0 amide bonds. The van der Waals surface area contributed by atoms with Gasteiger partial charge in [0.2, 0.25) is 0 Å². The molecule has 5 rings (SSSR count). The first-order valence-electron chi connectivity index (χ1n) is 11.2. The average molecular weight is 455 g/mol. The number of fused-ring (bicyclic) bond motifs is 5. The van der Waals surface area contributed by atoms with Crippen LogP contribution < -0.4 is 0 Å². The summed E-state index contributed by atoms with van der Waals surface area (Å²) in [5.41, 5.74) is 3.67. The van der Waals surface area contributed by atoms with Crippen molar-refractivity contribution in [1.82, 2.24) is 0 Å². The van der Waals surface area contributed by atoms with Crippen LogP contribution in [0.1, 0.15) is 64.4 Å². The number of hydrogen-bond donors (Lipinski definition) is 1. The smallest absolute Gasteiger partial charge is 0.165 e. The molecule has 0 bridgehead atoms. The Bertz CT molecular complexity index is 898. The molecular formula is C26H31BrO2. The number of aliphatic hydroxyl groups excluding tert-OH is 1. The fourth-order valence-corrected chi connectivity index (χ4v) is 7.47. The van der Waals surface area contributed by atoms with Gasteiger partial charge in [-0.05, 0) is 97.5 Å². The number of halogens is 1. The highest BCUT2D eigenvalue weighted by Gasteiger charge is 2.59. The van der Waals surface area contributed by atoms with Crippen LogP contribution in [0.25, 0.3) is 6.08 Å². The van der Waals surface area contributed by atoms with Crippen molar-refractivity contribution < 1.29 is 9.90 Å². The van der Waals surface area contributed by atoms with Gasteiger partial charge in [-0.1, -0.05) is 53.6 Å². The van der Waals surface area contributed by atoms with Gasteiger partial charge in [0, 0.05) is 9.89 Å². The zero-order valence-electron chi connectivity index (χ0n) is 17.5. The number of allylic oxidation sites excluding steroid dienone is 2. The van der Waals surface area contributed by atoms with Crippen LogP contribution in [0.5, 0.6) is 0 Å². The Morgan fingerprint density at radius 3 is 2.52 bits per heavy atom. The summed E-state index contributed by atoms with van der Waals surface area (Å²) in [7, 11) is 0. The van der Waals surface area contributed by atoms with Crippen LogP contribution in [0.15, 0.2) is 46.0 Å². The lowest BCUT2D eigenvalue weighted by Crippen LogP contribution is -2.50. The third kappa shape index (κ3) is 3.03. The van der Waals surface area contributed by atoms with Crippen molar-refractivity contribution in [1.29, 1.82) is 0 Å². The number of carbonyl (C=O) groups is 1. The van der Waals surface area contributed by atoms with Gasteiger partial charge in [-0.2, -0.15) is 0 Å². The third-order valence-corrected chi connectivity index (χ3v) is 9.46. The van der Waals surface area contributed by atoms with Crippen LogP contribution in [0.3, 0.4) is 0 Å². The maximum absolute atomic E-state index is 13.5. The molecule has 0 unspecified atom stereocenters. The molecule has 3 fully saturated rings. The number of rotatable bonds is 1. The first-order valence-corrected chi connectivity index (χ1v) is 12.0. The highest BCUT2D eigenvalue weighted by Crippen LogP contribution is 2.64. The zero-order chi connectivity index (χ0) is 20.4. The molecule has 4 aliphatic carbocycles. The van der Waals surface area contributed by atoms with Crippen molar-refractivity contribution >= 4 is 27.8 Å². The summed E-state index contributed by atoms with van der Waals surface area (Å²) in [6.07, 6.45) is 11.5. The molecule has 0 spiro atoms. The Balaban J connectivity index is 1.47. The molecule has 29 heavy (non-hydrogen) atoms. The van der Waals surface area contributed by atoms with Crippen molar-refractivity contribution in [2.24, 2.45) is 28.6 Å². The van der Waals surface area contributed by atoms with Crippen LogP contribution in [0.2, 0.25) is 0 Å². The zero-order valence-corrected chi connectivity index (χ0v) is 19.0. The Hall–Kier alpha value is -1.19. The van der Waals surface area contributed by atoms with E-state index in [1.807, 2.05) is 12.1 Å². The van der Waals surface area contributed by atoms with Gasteiger partial charge in [0.1, 0.15) is 0 Å². The topological polar surface area (TPSA) is 37.3 Å². The van der Waals surface area contributed by atoms with E-state index in [0.717, 1.165) is 60.6 Å². The Morgan fingerprint density at radius 2 is 1.76 bits per heavy atom. The van der Waals surface area contributed by atoms with Gasteiger partial charge in [-0.15, -0.1) is 0 Å². The van der Waals surface area contributed by atoms with E-state index in [9.17, 15) is 9.90 Å². The number of carbonyl (C=O) groups excluding carboxylic acids is 1. The fourth-order valence-electron chi connectivity index (χ4n) is 7.20. The van der Waals surface area contributed by atoms with E-state index in [1.54, 1.807) is 0 Å². The summed E-state index contributed by atoms with van der Waals surface area (Å²) in [4.78, 5) is 13.5. The minimum atomic E-state index is -0.196. The van der Waals surface area contributed by atoms with E-state index in [1.165, 1.54) is 5.57 Å². The van der Waals surface area contributed by atoms with Gasteiger partial charge in [-0.3, -0.25) is 4.79 Å². The SMILES string of the molecule is C[C@]12CC[C@H](O)CC1=CC[C@H]1[C@H]2CC[C@]2(C)C(=O)/C(=C/c3ccc(Br)cc3)C[C@H]12. The van der Waals surface area contributed by atoms with E-state index in [-0.39, 0.29) is 16.9 Å². The van der Waals surface area contributed by atoms with Crippen LogP contribution in [-0.2, 0) is 4.79 Å². The van der Waals surface area contributed by atoms with E-state index < -0.39 is 0 Å². The second kappa shape index (κ2) is 6.92. The van der Waals surface area contributed by atoms with Crippen molar-refractivity contribution in [2.75, 3.05) is 0 Å². The maximum Gasteiger partial charge on any atom is 0.165 e. The molecule has 0 heterocycles. The predicted octanol–water partition coefficient (Wildman–Crippen LogP) is 6.34. The molecule has 0 saturated heterocycles. The molecule has 3 heteroatoms. The van der Waals surface area contributed by atoms with Crippen molar-refractivity contribution in [3.05, 3.63) is 51.5 Å². The molecule has 1 aromatic rings. The molecule has 0 radical (unpaired) electrons. The number of aliphatic hydroxyl groups is 1. The Morgan fingerprint density at radius 1 is 1.03 bits per heavy atom. The fraction of sp³-hybridized carbons (Fsp3) is 0.577. The maximum atomic E-state index is 13.5. The molecule has 1 N–H and O–H groups in total. The highest BCUT2D eigenvalue weighted by molar-refractivity contribution is 9.10. The van der Waals surface area contributed by atoms with Crippen LogP contribution in [0, 0.1) is 28.6 Å². The number of ketones is 1. The minimum Gasteiger partial charge on any atom is -0.393 e. The molecule has 6 atom stereocenters. The standard InChI is InChI=1S/C26H31BrO2/c1-25-11-9-20(28)15-18(25)5-8-21-22(25)10-12-26(2)23(21)14-17(24(26)29)13-16-3-6-19(27)7-4-16/h3-7,13,20-23,28H,8-12,14-15H2,1-2H3/b17-13+/t20-,21-,22+,23+,25-,26-/m0/s1. The Labute approximate surface area is 182 Å². The van der Waals surface area contributed by atoms with Gasteiger partial charge >= 0.3 is 0 Å². The lowest BCUT2D eigenvalue weighted by Gasteiger charge is -2.56. The molecular weight excluding hydrogens is 424 g/mol. The molecule has 3 saturated carbocycles. The van der Waals surface area contributed by atoms with Gasteiger partial charge in [-0.25, -0.2) is 0 Å². The van der Waals surface area contributed by atoms with Crippen molar-refractivity contribution in [3.8, 4) is 0 Å². The average Bonchev–Trinajstić information content (AvgIpc) is 2.95. The normalized spacial score (nSPS) is 42.8. The second-order valence-electron chi connectivity index (χ2n) is 10.4. The molecule has 2 nitrogen and oxygen atoms in total.